The molecule has 0 atom stereocenters. The molecule has 0 bridgehead atoms. The van der Waals surface area contributed by atoms with Crippen LogP contribution in [0.25, 0.3) is 22.1 Å². The quantitative estimate of drug-likeness (QED) is 0.520. The molecule has 166 valence electrons. The topological polar surface area (TPSA) is 94.7 Å². The lowest BCUT2D eigenvalue weighted by Gasteiger charge is -2.16. The molecule has 32 heavy (non-hydrogen) atoms. The van der Waals surface area contributed by atoms with Crippen LogP contribution in [0.2, 0.25) is 0 Å². The third-order valence-electron chi connectivity index (χ3n) is 4.95. The lowest BCUT2D eigenvalue weighted by Crippen LogP contribution is -2.25. The molecule has 0 aliphatic carbocycles. The Morgan fingerprint density at radius 1 is 1.19 bits per heavy atom. The summed E-state index contributed by atoms with van der Waals surface area (Å²) in [6, 6.07) is 5.84. The van der Waals surface area contributed by atoms with Gasteiger partial charge in [-0.3, -0.25) is 14.3 Å². The highest BCUT2D eigenvalue weighted by Gasteiger charge is 2.31. The predicted molar refractivity (Wildman–Crippen MR) is 112 cm³/mol. The Hall–Kier alpha value is -3.76. The molecule has 0 unspecified atom stereocenters. The van der Waals surface area contributed by atoms with Crippen LogP contribution in [0.5, 0.6) is 0 Å². The minimum atomic E-state index is -4.55. The molecule has 0 spiro atoms. The Labute approximate surface area is 179 Å². The summed E-state index contributed by atoms with van der Waals surface area (Å²) < 4.78 is 42.4. The normalized spacial score (nSPS) is 12.1. The fraction of sp³-hybridized carbons (Fsp3) is 0.286. The number of fused-ring (bicyclic) bond motifs is 2. The molecule has 11 heteroatoms. The molecular formula is C21H19F3N6O2. The zero-order chi connectivity index (χ0) is 23.2. The highest BCUT2D eigenvalue weighted by molar-refractivity contribution is 5.92. The number of alkyl halides is 3. The summed E-state index contributed by atoms with van der Waals surface area (Å²) in [5.41, 5.74) is -0.218. The molecule has 4 aromatic rings. The molecule has 0 aliphatic rings. The molecule has 1 aromatic carbocycles. The zero-order valence-corrected chi connectivity index (χ0v) is 17.4. The molecule has 0 fully saturated rings. The van der Waals surface area contributed by atoms with Crippen molar-refractivity contribution in [3.8, 4) is 0 Å². The third kappa shape index (κ3) is 3.93. The van der Waals surface area contributed by atoms with Gasteiger partial charge in [0.05, 0.1) is 23.8 Å². The van der Waals surface area contributed by atoms with E-state index in [1.165, 1.54) is 4.68 Å². The number of halogens is 3. The molecule has 3 aromatic heterocycles. The van der Waals surface area contributed by atoms with Crippen molar-refractivity contribution < 1.29 is 18.0 Å². The van der Waals surface area contributed by atoms with Crippen LogP contribution in [0, 0.1) is 0 Å². The Bertz CT molecular complexity index is 1400. The lowest BCUT2D eigenvalue weighted by molar-refractivity contribution is -0.137. The van der Waals surface area contributed by atoms with Crippen LogP contribution in [0.15, 0.2) is 41.5 Å². The maximum atomic E-state index is 13.1. The number of benzene rings is 1. The number of rotatable bonds is 4. The van der Waals surface area contributed by atoms with Crippen molar-refractivity contribution in [3.05, 3.63) is 58.1 Å². The number of anilines is 1. The van der Waals surface area contributed by atoms with Gasteiger partial charge in [-0.25, -0.2) is 9.97 Å². The van der Waals surface area contributed by atoms with Crippen molar-refractivity contribution in [2.24, 2.45) is 7.05 Å². The first-order valence-electron chi connectivity index (χ1n) is 9.75. The summed E-state index contributed by atoms with van der Waals surface area (Å²) in [5.74, 6) is -0.240. The highest BCUT2D eigenvalue weighted by atomic mass is 19.4. The smallest absolute Gasteiger partial charge is 0.318 e. The summed E-state index contributed by atoms with van der Waals surface area (Å²) in [6.07, 6.45) is -3.30. The van der Waals surface area contributed by atoms with E-state index in [1.54, 1.807) is 43.9 Å². The van der Waals surface area contributed by atoms with Gasteiger partial charge in [-0.15, -0.1) is 0 Å². The molecule has 1 amide bonds. The number of hydrogen-bond donors (Lipinski definition) is 1. The fourth-order valence-corrected chi connectivity index (χ4v) is 3.40. The van der Waals surface area contributed by atoms with Crippen LogP contribution >= 0.6 is 0 Å². The number of aromatic nitrogens is 5. The van der Waals surface area contributed by atoms with E-state index in [0.29, 0.717) is 11.2 Å². The second kappa shape index (κ2) is 7.74. The average molecular weight is 444 g/mol. The van der Waals surface area contributed by atoms with E-state index in [9.17, 15) is 22.8 Å². The first-order chi connectivity index (χ1) is 15.0. The van der Waals surface area contributed by atoms with E-state index >= 15 is 0 Å². The van der Waals surface area contributed by atoms with Crippen molar-refractivity contribution in [3.63, 3.8) is 0 Å². The number of pyridine rings is 1. The van der Waals surface area contributed by atoms with E-state index in [2.05, 4.69) is 20.4 Å². The number of aryl methyl sites for hydroxylation is 1. The SMILES string of the molecule is CC(C)n1nc(CC(=O)Nc2ccc3ncn(C)c3n2)c(=O)c2ccc(C(F)(F)F)cc21. The van der Waals surface area contributed by atoms with Gasteiger partial charge in [-0.1, -0.05) is 0 Å². The fourth-order valence-electron chi connectivity index (χ4n) is 3.40. The van der Waals surface area contributed by atoms with E-state index in [0.717, 1.165) is 18.2 Å². The van der Waals surface area contributed by atoms with Crippen LogP contribution in [0.3, 0.4) is 0 Å². The predicted octanol–water partition coefficient (Wildman–Crippen LogP) is 3.46. The average Bonchev–Trinajstić information content (AvgIpc) is 3.09. The largest absolute Gasteiger partial charge is 0.416 e. The molecule has 3 heterocycles. The maximum absolute atomic E-state index is 13.1. The van der Waals surface area contributed by atoms with Gasteiger partial charge in [0.15, 0.2) is 5.65 Å². The van der Waals surface area contributed by atoms with Gasteiger partial charge < -0.3 is 9.88 Å². The molecule has 1 N–H and O–H groups in total. The summed E-state index contributed by atoms with van der Waals surface area (Å²) in [5, 5.41) is 6.89. The maximum Gasteiger partial charge on any atom is 0.416 e. The number of hydrogen-bond acceptors (Lipinski definition) is 5. The van der Waals surface area contributed by atoms with Gasteiger partial charge in [0.25, 0.3) is 0 Å². The van der Waals surface area contributed by atoms with Crippen molar-refractivity contribution in [1.82, 2.24) is 24.3 Å². The molecule has 4 rings (SSSR count). The number of nitrogens with one attached hydrogen (secondary N) is 1. The zero-order valence-electron chi connectivity index (χ0n) is 17.4. The lowest BCUT2D eigenvalue weighted by atomic mass is 10.1. The van der Waals surface area contributed by atoms with Crippen molar-refractivity contribution >= 4 is 33.8 Å². The van der Waals surface area contributed by atoms with Crippen LogP contribution in [-0.4, -0.2) is 30.2 Å². The summed E-state index contributed by atoms with van der Waals surface area (Å²) in [4.78, 5) is 33.9. The number of nitrogens with zero attached hydrogens (tertiary/aromatic N) is 5. The number of carbonyl (C=O) groups excluding carboxylic acids is 1. The second-order valence-corrected chi connectivity index (χ2v) is 7.66. The Balaban J connectivity index is 1.68. The Morgan fingerprint density at radius 3 is 2.62 bits per heavy atom. The van der Waals surface area contributed by atoms with E-state index in [4.69, 9.17) is 0 Å². The molecular weight excluding hydrogens is 425 g/mol. The van der Waals surface area contributed by atoms with Gasteiger partial charge in [0.1, 0.15) is 17.0 Å². The molecule has 0 saturated heterocycles. The Kier molecular flexibility index (Phi) is 5.19. The Morgan fingerprint density at radius 2 is 1.94 bits per heavy atom. The first-order valence-corrected chi connectivity index (χ1v) is 9.75. The van der Waals surface area contributed by atoms with Crippen molar-refractivity contribution in [2.75, 3.05) is 5.32 Å². The van der Waals surface area contributed by atoms with Crippen LogP contribution in [0.1, 0.15) is 31.1 Å². The van der Waals surface area contributed by atoms with E-state index in [-0.39, 0.29) is 34.9 Å². The standard InChI is InChI=1S/C21H19F3N6O2/c1-11(2)30-16-8-12(21(22,23)24)4-5-13(16)19(32)15(28-30)9-18(31)26-17-7-6-14-20(27-17)29(3)10-25-14/h4-8,10-11H,9H2,1-3H3,(H,26,27,31). The van der Waals surface area contributed by atoms with Gasteiger partial charge in [0.2, 0.25) is 11.3 Å². The van der Waals surface area contributed by atoms with E-state index < -0.39 is 23.1 Å². The summed E-state index contributed by atoms with van der Waals surface area (Å²) in [7, 11) is 1.77. The second-order valence-electron chi connectivity index (χ2n) is 7.66. The molecule has 8 nitrogen and oxygen atoms in total. The molecule has 0 saturated carbocycles. The monoisotopic (exact) mass is 444 g/mol. The number of imidazole rings is 1. The van der Waals surface area contributed by atoms with Gasteiger partial charge in [-0.2, -0.15) is 18.3 Å². The minimum absolute atomic E-state index is 0.0623. The van der Waals surface area contributed by atoms with Gasteiger partial charge >= 0.3 is 6.18 Å². The van der Waals surface area contributed by atoms with Crippen LogP contribution in [0.4, 0.5) is 19.0 Å². The van der Waals surface area contributed by atoms with Gasteiger partial charge in [0, 0.05) is 18.5 Å². The molecule has 0 radical (unpaired) electrons. The molecule has 0 aliphatic heterocycles. The third-order valence-corrected chi connectivity index (χ3v) is 4.95. The number of carbonyl (C=O) groups is 1. The van der Waals surface area contributed by atoms with E-state index in [1.807, 2.05) is 0 Å². The minimum Gasteiger partial charge on any atom is -0.318 e. The first kappa shape index (κ1) is 21.5. The summed E-state index contributed by atoms with van der Waals surface area (Å²) >= 11 is 0. The highest BCUT2D eigenvalue weighted by Crippen LogP contribution is 2.31. The van der Waals surface area contributed by atoms with Crippen LogP contribution < -0.4 is 10.7 Å². The van der Waals surface area contributed by atoms with Gasteiger partial charge in [-0.05, 0) is 44.2 Å². The van der Waals surface area contributed by atoms with Crippen molar-refractivity contribution in [2.45, 2.75) is 32.5 Å². The van der Waals surface area contributed by atoms with Crippen molar-refractivity contribution in [1.29, 1.82) is 0 Å². The number of amides is 1. The summed E-state index contributed by atoms with van der Waals surface area (Å²) in [6.45, 7) is 3.46. The van der Waals surface area contributed by atoms with Crippen LogP contribution in [-0.2, 0) is 24.4 Å².